The fourth-order valence-electron chi connectivity index (χ4n) is 5.15. The summed E-state index contributed by atoms with van der Waals surface area (Å²) in [4.78, 5) is 0. The molecule has 0 bridgehead atoms. The van der Waals surface area contributed by atoms with Gasteiger partial charge in [0.05, 0.1) is 6.04 Å². The molecule has 1 heterocycles. The Kier molecular flexibility index (Phi) is 5.24. The monoisotopic (exact) mass is 446 g/mol. The van der Waals surface area contributed by atoms with Crippen molar-refractivity contribution in [3.8, 4) is 5.75 Å². The van der Waals surface area contributed by atoms with Gasteiger partial charge in [0, 0.05) is 29.0 Å². The second-order valence-electron chi connectivity index (χ2n) is 9.73. The van der Waals surface area contributed by atoms with Crippen LogP contribution in [0.4, 0.5) is 24.5 Å². The molecule has 1 aliphatic carbocycles. The number of aromatic hydroxyl groups is 1. The second kappa shape index (κ2) is 7.44. The number of phenols is 1. The van der Waals surface area contributed by atoms with Crippen LogP contribution in [0.1, 0.15) is 68.3 Å². The van der Waals surface area contributed by atoms with E-state index in [-0.39, 0.29) is 17.2 Å². The Labute approximate surface area is 186 Å². The number of rotatable bonds is 3. The fourth-order valence-corrected chi connectivity index (χ4v) is 5.15. The zero-order valence-electron chi connectivity index (χ0n) is 18.6. The van der Waals surface area contributed by atoms with Crippen LogP contribution >= 0.6 is 0 Å². The van der Waals surface area contributed by atoms with Crippen LogP contribution in [0.2, 0.25) is 0 Å². The van der Waals surface area contributed by atoms with E-state index < -0.39 is 29.7 Å². The molecule has 2 aromatic rings. The first-order valence-electron chi connectivity index (χ1n) is 10.8. The van der Waals surface area contributed by atoms with Crippen LogP contribution in [0.3, 0.4) is 0 Å². The van der Waals surface area contributed by atoms with E-state index in [1.807, 2.05) is 32.1 Å². The van der Waals surface area contributed by atoms with E-state index in [1.165, 1.54) is 0 Å². The number of hydrogen-bond acceptors (Lipinski definition) is 4. The van der Waals surface area contributed by atoms with Crippen LogP contribution in [0, 0.1) is 0 Å². The van der Waals surface area contributed by atoms with Crippen LogP contribution in [0.25, 0.3) is 6.08 Å². The molecule has 32 heavy (non-hydrogen) atoms. The summed E-state index contributed by atoms with van der Waals surface area (Å²) in [5, 5.41) is 28.5. The van der Waals surface area contributed by atoms with E-state index >= 15 is 0 Å². The van der Waals surface area contributed by atoms with Crippen molar-refractivity contribution in [3.63, 3.8) is 0 Å². The molecular weight excluding hydrogens is 417 g/mol. The van der Waals surface area contributed by atoms with E-state index in [9.17, 15) is 23.4 Å². The molecule has 4 N–H and O–H groups in total. The molecule has 0 spiro atoms. The van der Waals surface area contributed by atoms with E-state index in [4.69, 9.17) is 0 Å². The SMILES string of the molecule is CC(C)c1ccc2c(c1O)C(C)(C)CC(O)(C(F)(F)F)C2Nc1cccc2c1C=CCN2. The van der Waals surface area contributed by atoms with Crippen molar-refractivity contribution in [2.45, 2.75) is 63.3 Å². The summed E-state index contributed by atoms with van der Waals surface area (Å²) in [6.45, 7) is 7.76. The fraction of sp³-hybridized carbons (Fsp3) is 0.440. The van der Waals surface area contributed by atoms with Crippen LogP contribution in [0.5, 0.6) is 5.75 Å². The maximum Gasteiger partial charge on any atom is 0.419 e. The molecule has 2 aromatic carbocycles. The van der Waals surface area contributed by atoms with Crippen molar-refractivity contribution in [1.82, 2.24) is 0 Å². The molecule has 0 radical (unpaired) electrons. The third-order valence-corrected chi connectivity index (χ3v) is 6.63. The van der Waals surface area contributed by atoms with Gasteiger partial charge in [0.25, 0.3) is 0 Å². The van der Waals surface area contributed by atoms with E-state index in [0.717, 1.165) is 11.3 Å². The molecule has 0 fully saturated rings. The van der Waals surface area contributed by atoms with Crippen molar-refractivity contribution >= 4 is 17.5 Å². The third-order valence-electron chi connectivity index (χ3n) is 6.63. The predicted octanol–water partition coefficient (Wildman–Crippen LogP) is 6.08. The summed E-state index contributed by atoms with van der Waals surface area (Å²) in [6, 6.07) is 7.11. The number of alkyl halides is 3. The minimum absolute atomic E-state index is 0.00305. The summed E-state index contributed by atoms with van der Waals surface area (Å²) < 4.78 is 43.2. The summed E-state index contributed by atoms with van der Waals surface area (Å²) in [5.41, 5.74) is -0.704. The molecule has 0 saturated carbocycles. The zero-order valence-corrected chi connectivity index (χ0v) is 18.6. The van der Waals surface area contributed by atoms with Gasteiger partial charge in [-0.2, -0.15) is 13.2 Å². The predicted molar refractivity (Wildman–Crippen MR) is 121 cm³/mol. The van der Waals surface area contributed by atoms with Gasteiger partial charge in [-0.05, 0) is 41.0 Å². The Hall–Kier alpha value is -2.67. The van der Waals surface area contributed by atoms with Crippen molar-refractivity contribution in [1.29, 1.82) is 0 Å². The molecule has 2 unspecified atom stereocenters. The van der Waals surface area contributed by atoms with Gasteiger partial charge in [-0.1, -0.05) is 58.0 Å². The van der Waals surface area contributed by atoms with Crippen LogP contribution in [-0.2, 0) is 5.41 Å². The molecule has 0 saturated heterocycles. The van der Waals surface area contributed by atoms with Crippen molar-refractivity contribution in [3.05, 3.63) is 58.7 Å². The molecule has 2 aliphatic rings. The number of anilines is 2. The standard InChI is InChI=1S/C25H29F3N2O2/c1-14(2)15-10-11-17-20(21(15)31)23(3,4)13-24(32,25(26,27)28)22(17)30-19-9-5-8-18-16(19)7-6-12-29-18/h5-11,14,22,29-32H,12-13H2,1-4H3. The number of nitrogens with one attached hydrogen (secondary N) is 2. The van der Waals surface area contributed by atoms with Gasteiger partial charge < -0.3 is 20.8 Å². The van der Waals surface area contributed by atoms with Crippen molar-refractivity contribution in [2.75, 3.05) is 17.2 Å². The highest BCUT2D eigenvalue weighted by Gasteiger charge is 2.64. The maximum absolute atomic E-state index is 14.4. The average molecular weight is 447 g/mol. The summed E-state index contributed by atoms with van der Waals surface area (Å²) >= 11 is 0. The number of halogens is 3. The Bertz CT molecular complexity index is 1080. The lowest BCUT2D eigenvalue weighted by molar-refractivity contribution is -0.276. The molecule has 1 aliphatic heterocycles. The van der Waals surface area contributed by atoms with Crippen LogP contribution in [0.15, 0.2) is 36.4 Å². The highest BCUT2D eigenvalue weighted by molar-refractivity contribution is 5.80. The molecule has 4 nitrogen and oxygen atoms in total. The molecule has 7 heteroatoms. The van der Waals surface area contributed by atoms with Crippen LogP contribution < -0.4 is 10.6 Å². The molecular formula is C25H29F3N2O2. The smallest absolute Gasteiger partial charge is 0.419 e. The highest BCUT2D eigenvalue weighted by atomic mass is 19.4. The lowest BCUT2D eigenvalue weighted by atomic mass is 9.62. The second-order valence-corrected chi connectivity index (χ2v) is 9.73. The number of phenolic OH excluding ortho intramolecular Hbond substituents is 1. The Morgan fingerprint density at radius 3 is 2.53 bits per heavy atom. The van der Waals surface area contributed by atoms with Gasteiger partial charge in [0.1, 0.15) is 5.75 Å². The molecule has 0 amide bonds. The van der Waals surface area contributed by atoms with E-state index in [0.29, 0.717) is 23.4 Å². The Morgan fingerprint density at radius 2 is 1.88 bits per heavy atom. The van der Waals surface area contributed by atoms with E-state index in [1.54, 1.807) is 38.1 Å². The first-order chi connectivity index (χ1) is 14.9. The minimum atomic E-state index is -4.88. The minimum Gasteiger partial charge on any atom is -0.507 e. The van der Waals surface area contributed by atoms with Gasteiger partial charge >= 0.3 is 6.18 Å². The summed E-state index contributed by atoms with van der Waals surface area (Å²) in [7, 11) is 0. The number of benzene rings is 2. The Balaban J connectivity index is 1.93. The maximum atomic E-state index is 14.4. The number of fused-ring (bicyclic) bond motifs is 2. The largest absolute Gasteiger partial charge is 0.507 e. The number of aliphatic hydroxyl groups is 1. The Morgan fingerprint density at radius 1 is 1.16 bits per heavy atom. The summed E-state index contributed by atoms with van der Waals surface area (Å²) in [5.74, 6) is 0.0125. The topological polar surface area (TPSA) is 64.5 Å². The van der Waals surface area contributed by atoms with Crippen molar-refractivity contribution in [2.24, 2.45) is 0 Å². The molecule has 4 rings (SSSR count). The third kappa shape index (κ3) is 3.43. The normalized spacial score (nSPS) is 24.0. The summed E-state index contributed by atoms with van der Waals surface area (Å²) in [6.07, 6.45) is -1.71. The first-order valence-corrected chi connectivity index (χ1v) is 10.8. The number of hydrogen-bond donors (Lipinski definition) is 4. The van der Waals surface area contributed by atoms with Crippen LogP contribution in [-0.4, -0.2) is 28.5 Å². The van der Waals surface area contributed by atoms with Gasteiger partial charge in [0.2, 0.25) is 0 Å². The van der Waals surface area contributed by atoms with Gasteiger partial charge in [-0.15, -0.1) is 0 Å². The van der Waals surface area contributed by atoms with Gasteiger partial charge in [-0.3, -0.25) is 0 Å². The van der Waals surface area contributed by atoms with Crippen molar-refractivity contribution < 1.29 is 23.4 Å². The first kappa shape index (κ1) is 22.5. The molecule has 172 valence electrons. The molecule has 0 aromatic heterocycles. The zero-order chi connectivity index (χ0) is 23.5. The molecule has 2 atom stereocenters. The highest BCUT2D eigenvalue weighted by Crippen LogP contribution is 2.57. The van der Waals surface area contributed by atoms with Gasteiger partial charge in [-0.25, -0.2) is 0 Å². The van der Waals surface area contributed by atoms with E-state index in [2.05, 4.69) is 10.6 Å². The lowest BCUT2D eigenvalue weighted by Crippen LogP contribution is -2.58. The van der Waals surface area contributed by atoms with Gasteiger partial charge in [0.15, 0.2) is 5.60 Å². The average Bonchev–Trinajstić information content (AvgIpc) is 2.69. The quantitative estimate of drug-likeness (QED) is 0.461. The lowest BCUT2D eigenvalue weighted by Gasteiger charge is -2.49.